The van der Waals surface area contributed by atoms with Gasteiger partial charge in [0.1, 0.15) is 11.5 Å². The maximum absolute atomic E-state index is 12.2. The number of amides is 1. The highest BCUT2D eigenvalue weighted by atomic mass is 35.5. The van der Waals surface area contributed by atoms with Crippen LogP contribution in [0.25, 0.3) is 0 Å². The molecule has 0 bridgehead atoms. The van der Waals surface area contributed by atoms with Gasteiger partial charge in [-0.15, -0.1) is 0 Å². The van der Waals surface area contributed by atoms with Crippen LogP contribution < -0.4 is 16.0 Å². The lowest BCUT2D eigenvalue weighted by Crippen LogP contribution is -2.16. The standard InChI is InChI=1S/C15H17ClN4O/c1-9-4-5-10(8-12(9)20(2)3)18-15(21)14-11(16)6-7-13(17)19-14/h4-8H,1-3H3,(H2,17,19)(H,18,21). The fourth-order valence-electron chi connectivity index (χ4n) is 1.98. The molecule has 1 aromatic carbocycles. The average Bonchev–Trinajstić information content (AvgIpc) is 2.43. The number of nitrogens with zero attached hydrogens (tertiary/aromatic N) is 2. The number of carbonyl (C=O) groups excluding carboxylic acids is 1. The minimum absolute atomic E-state index is 0.114. The van der Waals surface area contributed by atoms with Crippen LogP contribution in [0.1, 0.15) is 16.1 Å². The van der Waals surface area contributed by atoms with Gasteiger partial charge in [-0.05, 0) is 36.8 Å². The zero-order valence-corrected chi connectivity index (χ0v) is 12.9. The average molecular weight is 305 g/mol. The number of aromatic nitrogens is 1. The molecule has 3 N–H and O–H groups in total. The molecule has 0 radical (unpaired) electrons. The number of benzene rings is 1. The van der Waals surface area contributed by atoms with Gasteiger partial charge >= 0.3 is 0 Å². The molecule has 1 amide bonds. The number of nitrogens with two attached hydrogens (primary N) is 1. The molecule has 21 heavy (non-hydrogen) atoms. The normalized spacial score (nSPS) is 10.3. The van der Waals surface area contributed by atoms with Crippen LogP contribution in [-0.4, -0.2) is 25.0 Å². The molecule has 0 atom stereocenters. The number of nitrogens with one attached hydrogen (secondary N) is 1. The third kappa shape index (κ3) is 3.44. The lowest BCUT2D eigenvalue weighted by Gasteiger charge is -2.17. The van der Waals surface area contributed by atoms with Gasteiger partial charge in [0, 0.05) is 25.5 Å². The Balaban J connectivity index is 2.27. The summed E-state index contributed by atoms with van der Waals surface area (Å²) in [5.74, 6) is -0.136. The van der Waals surface area contributed by atoms with Gasteiger partial charge in [-0.25, -0.2) is 4.98 Å². The molecule has 1 aromatic heterocycles. The summed E-state index contributed by atoms with van der Waals surface area (Å²) in [6.07, 6.45) is 0. The highest BCUT2D eigenvalue weighted by Gasteiger charge is 2.13. The van der Waals surface area contributed by atoms with E-state index in [0.717, 1.165) is 11.3 Å². The van der Waals surface area contributed by atoms with Crippen LogP contribution in [0.15, 0.2) is 30.3 Å². The first-order chi connectivity index (χ1) is 9.88. The fraction of sp³-hybridized carbons (Fsp3) is 0.200. The first kappa shape index (κ1) is 15.1. The SMILES string of the molecule is Cc1ccc(NC(=O)c2nc(N)ccc2Cl)cc1N(C)C. The lowest BCUT2D eigenvalue weighted by molar-refractivity contribution is 0.102. The predicted octanol–water partition coefficient (Wildman–Crippen LogP) is 2.94. The second-order valence-corrected chi connectivity index (χ2v) is 5.32. The molecule has 6 heteroatoms. The molecule has 0 saturated heterocycles. The van der Waals surface area contributed by atoms with Crippen LogP contribution in [0, 0.1) is 6.92 Å². The number of pyridine rings is 1. The Bertz CT molecular complexity index is 685. The molecule has 0 saturated carbocycles. The summed E-state index contributed by atoms with van der Waals surface area (Å²) in [6.45, 7) is 2.01. The van der Waals surface area contributed by atoms with Gasteiger partial charge in [0.2, 0.25) is 0 Å². The van der Waals surface area contributed by atoms with Crippen molar-refractivity contribution in [3.05, 3.63) is 46.6 Å². The molecule has 5 nitrogen and oxygen atoms in total. The van der Waals surface area contributed by atoms with Crippen molar-refractivity contribution in [1.29, 1.82) is 0 Å². The van der Waals surface area contributed by atoms with Crippen molar-refractivity contribution in [2.24, 2.45) is 0 Å². The molecule has 0 fully saturated rings. The molecule has 0 aliphatic heterocycles. The second kappa shape index (κ2) is 6.01. The van der Waals surface area contributed by atoms with Crippen molar-refractivity contribution in [3.63, 3.8) is 0 Å². The number of carbonyl (C=O) groups is 1. The molecule has 0 aliphatic carbocycles. The third-order valence-corrected chi connectivity index (χ3v) is 3.34. The number of rotatable bonds is 3. The van der Waals surface area contributed by atoms with Crippen LogP contribution >= 0.6 is 11.6 Å². The highest BCUT2D eigenvalue weighted by molar-refractivity contribution is 6.34. The summed E-state index contributed by atoms with van der Waals surface area (Å²) in [5.41, 5.74) is 8.53. The van der Waals surface area contributed by atoms with Crippen molar-refractivity contribution in [1.82, 2.24) is 4.98 Å². The monoisotopic (exact) mass is 304 g/mol. The summed E-state index contributed by atoms with van der Waals surface area (Å²) < 4.78 is 0. The Kier molecular flexibility index (Phi) is 4.33. The molecule has 110 valence electrons. The zero-order chi connectivity index (χ0) is 15.6. The number of halogens is 1. The molecule has 2 aromatic rings. The Morgan fingerprint density at radius 1 is 1.29 bits per heavy atom. The summed E-state index contributed by atoms with van der Waals surface area (Å²) >= 11 is 5.98. The fourth-order valence-corrected chi connectivity index (χ4v) is 2.17. The number of anilines is 3. The van der Waals surface area contributed by atoms with Gasteiger partial charge in [0.05, 0.1) is 5.02 Å². The van der Waals surface area contributed by atoms with Crippen LogP contribution in [-0.2, 0) is 0 Å². The second-order valence-electron chi connectivity index (χ2n) is 4.92. The Labute approximate surface area is 128 Å². The molecule has 0 spiro atoms. The minimum atomic E-state index is -0.388. The minimum Gasteiger partial charge on any atom is -0.384 e. The molecule has 2 rings (SSSR count). The molecule has 0 aliphatic rings. The van der Waals surface area contributed by atoms with E-state index in [1.165, 1.54) is 0 Å². The summed E-state index contributed by atoms with van der Waals surface area (Å²) in [6, 6.07) is 8.78. The van der Waals surface area contributed by atoms with Crippen LogP contribution in [0.2, 0.25) is 5.02 Å². The van der Waals surface area contributed by atoms with Crippen LogP contribution in [0.4, 0.5) is 17.2 Å². The van der Waals surface area contributed by atoms with E-state index in [2.05, 4.69) is 10.3 Å². The number of hydrogen-bond acceptors (Lipinski definition) is 4. The topological polar surface area (TPSA) is 71.2 Å². The van der Waals surface area contributed by atoms with Crippen LogP contribution in [0.3, 0.4) is 0 Å². The first-order valence-electron chi connectivity index (χ1n) is 6.40. The van der Waals surface area contributed by atoms with E-state index in [9.17, 15) is 4.79 Å². The molecular formula is C15H17ClN4O. The van der Waals surface area contributed by atoms with E-state index in [-0.39, 0.29) is 22.4 Å². The van der Waals surface area contributed by atoms with Gasteiger partial charge in [0.25, 0.3) is 5.91 Å². The maximum Gasteiger partial charge on any atom is 0.275 e. The van der Waals surface area contributed by atoms with Crippen molar-refractivity contribution in [2.45, 2.75) is 6.92 Å². The number of aryl methyl sites for hydroxylation is 1. The largest absolute Gasteiger partial charge is 0.384 e. The van der Waals surface area contributed by atoms with Gasteiger partial charge in [-0.2, -0.15) is 0 Å². The van der Waals surface area contributed by atoms with Gasteiger partial charge < -0.3 is 16.0 Å². The third-order valence-electron chi connectivity index (χ3n) is 3.03. The zero-order valence-electron chi connectivity index (χ0n) is 12.1. The van der Waals surface area contributed by atoms with E-state index in [1.807, 2.05) is 44.1 Å². The summed E-state index contributed by atoms with van der Waals surface area (Å²) in [7, 11) is 3.90. The van der Waals surface area contributed by atoms with E-state index in [4.69, 9.17) is 17.3 Å². The van der Waals surface area contributed by atoms with E-state index in [1.54, 1.807) is 12.1 Å². The summed E-state index contributed by atoms with van der Waals surface area (Å²) in [4.78, 5) is 18.2. The summed E-state index contributed by atoms with van der Waals surface area (Å²) in [5, 5.41) is 3.05. The quantitative estimate of drug-likeness (QED) is 0.914. The number of nitrogen functional groups attached to an aromatic ring is 1. The Morgan fingerprint density at radius 2 is 2.00 bits per heavy atom. The molecular weight excluding hydrogens is 288 g/mol. The van der Waals surface area contributed by atoms with Gasteiger partial charge in [-0.1, -0.05) is 17.7 Å². The van der Waals surface area contributed by atoms with E-state index in [0.29, 0.717) is 5.69 Å². The van der Waals surface area contributed by atoms with Crippen molar-refractivity contribution in [3.8, 4) is 0 Å². The Morgan fingerprint density at radius 3 is 2.67 bits per heavy atom. The molecule has 0 unspecified atom stereocenters. The van der Waals surface area contributed by atoms with E-state index >= 15 is 0 Å². The van der Waals surface area contributed by atoms with E-state index < -0.39 is 0 Å². The van der Waals surface area contributed by atoms with Crippen LogP contribution in [0.5, 0.6) is 0 Å². The first-order valence-corrected chi connectivity index (χ1v) is 6.77. The Hall–Kier alpha value is -2.27. The van der Waals surface area contributed by atoms with Crippen molar-refractivity contribution < 1.29 is 4.79 Å². The maximum atomic E-state index is 12.2. The number of hydrogen-bond donors (Lipinski definition) is 2. The van der Waals surface area contributed by atoms with Crippen molar-refractivity contribution in [2.75, 3.05) is 30.0 Å². The lowest BCUT2D eigenvalue weighted by atomic mass is 10.1. The predicted molar refractivity (Wildman–Crippen MR) is 87.1 cm³/mol. The highest BCUT2D eigenvalue weighted by Crippen LogP contribution is 2.23. The van der Waals surface area contributed by atoms with Crippen molar-refractivity contribution >= 4 is 34.7 Å². The smallest absolute Gasteiger partial charge is 0.275 e. The van der Waals surface area contributed by atoms with Gasteiger partial charge in [0.15, 0.2) is 0 Å². The molecule has 1 heterocycles. The van der Waals surface area contributed by atoms with Gasteiger partial charge in [-0.3, -0.25) is 4.79 Å².